The van der Waals surface area contributed by atoms with Gasteiger partial charge < -0.3 is 15.8 Å². The standard InChI is InChI=1S/C20H22N2O3/c1-13-4-3-5-15(10-13)20(8-9-20)19(24)22-17-7-6-16(11-14(17)2)25-12-18(21)23/h3-7,10-11H,8-9,12H2,1-2H3,(H2,21,23)(H,22,24). The molecule has 0 radical (unpaired) electrons. The number of rotatable bonds is 6. The van der Waals surface area contributed by atoms with E-state index in [-0.39, 0.29) is 12.5 Å². The van der Waals surface area contributed by atoms with E-state index in [0.717, 1.165) is 35.2 Å². The second kappa shape index (κ2) is 6.59. The minimum absolute atomic E-state index is 0.0204. The molecule has 130 valence electrons. The van der Waals surface area contributed by atoms with Crippen LogP contribution in [0.1, 0.15) is 29.5 Å². The smallest absolute Gasteiger partial charge is 0.255 e. The Morgan fingerprint density at radius 1 is 1.16 bits per heavy atom. The first kappa shape index (κ1) is 17.0. The molecular weight excluding hydrogens is 316 g/mol. The average Bonchev–Trinajstić information content (AvgIpc) is 3.37. The van der Waals surface area contributed by atoms with Gasteiger partial charge in [-0.05, 0) is 56.0 Å². The number of nitrogens with two attached hydrogens (primary N) is 1. The van der Waals surface area contributed by atoms with E-state index in [1.807, 2.05) is 32.0 Å². The van der Waals surface area contributed by atoms with Gasteiger partial charge in [0, 0.05) is 5.69 Å². The third-order valence-electron chi connectivity index (χ3n) is 4.58. The molecule has 3 N–H and O–H groups in total. The van der Waals surface area contributed by atoms with Crippen LogP contribution in [0.25, 0.3) is 0 Å². The summed E-state index contributed by atoms with van der Waals surface area (Å²) in [6.07, 6.45) is 1.72. The molecule has 3 rings (SSSR count). The summed E-state index contributed by atoms with van der Waals surface area (Å²) in [5.74, 6) is 0.0463. The van der Waals surface area contributed by atoms with Gasteiger partial charge in [-0.1, -0.05) is 29.8 Å². The maximum absolute atomic E-state index is 12.9. The summed E-state index contributed by atoms with van der Waals surface area (Å²) in [6, 6.07) is 13.4. The van der Waals surface area contributed by atoms with Crippen molar-refractivity contribution in [1.82, 2.24) is 0 Å². The van der Waals surface area contributed by atoms with E-state index in [0.29, 0.717) is 5.75 Å². The van der Waals surface area contributed by atoms with Crippen molar-refractivity contribution in [1.29, 1.82) is 0 Å². The predicted octanol–water partition coefficient (Wildman–Crippen LogP) is 2.84. The number of anilines is 1. The lowest BCUT2D eigenvalue weighted by Crippen LogP contribution is -2.28. The predicted molar refractivity (Wildman–Crippen MR) is 96.6 cm³/mol. The van der Waals surface area contributed by atoms with Gasteiger partial charge in [-0.15, -0.1) is 0 Å². The van der Waals surface area contributed by atoms with Gasteiger partial charge >= 0.3 is 0 Å². The Kier molecular flexibility index (Phi) is 4.49. The summed E-state index contributed by atoms with van der Waals surface area (Å²) >= 11 is 0. The van der Waals surface area contributed by atoms with Crippen molar-refractivity contribution in [3.63, 3.8) is 0 Å². The van der Waals surface area contributed by atoms with E-state index in [1.54, 1.807) is 18.2 Å². The lowest BCUT2D eigenvalue weighted by atomic mass is 9.93. The van der Waals surface area contributed by atoms with Gasteiger partial charge in [0.2, 0.25) is 5.91 Å². The highest BCUT2D eigenvalue weighted by Crippen LogP contribution is 2.49. The zero-order valence-electron chi connectivity index (χ0n) is 14.5. The number of hydrogen-bond donors (Lipinski definition) is 2. The summed E-state index contributed by atoms with van der Waals surface area (Å²) in [5, 5.41) is 3.04. The van der Waals surface area contributed by atoms with Crippen molar-refractivity contribution in [3.8, 4) is 5.75 Å². The number of amides is 2. The van der Waals surface area contributed by atoms with Crippen molar-refractivity contribution in [2.75, 3.05) is 11.9 Å². The Morgan fingerprint density at radius 2 is 1.92 bits per heavy atom. The topological polar surface area (TPSA) is 81.4 Å². The molecule has 0 saturated heterocycles. The number of ether oxygens (including phenoxy) is 1. The molecule has 1 fully saturated rings. The first-order valence-electron chi connectivity index (χ1n) is 8.31. The van der Waals surface area contributed by atoms with Gasteiger partial charge in [0.05, 0.1) is 5.41 Å². The van der Waals surface area contributed by atoms with Crippen LogP contribution in [0, 0.1) is 13.8 Å². The molecule has 0 aromatic heterocycles. The van der Waals surface area contributed by atoms with Crippen LogP contribution >= 0.6 is 0 Å². The van der Waals surface area contributed by atoms with Crippen LogP contribution in [0.4, 0.5) is 5.69 Å². The number of carbonyl (C=O) groups excluding carboxylic acids is 2. The Labute approximate surface area is 147 Å². The van der Waals surface area contributed by atoms with Crippen LogP contribution in [0.15, 0.2) is 42.5 Å². The quantitative estimate of drug-likeness (QED) is 0.850. The highest BCUT2D eigenvalue weighted by molar-refractivity contribution is 6.01. The molecule has 2 aromatic rings. The molecule has 0 heterocycles. The number of carbonyl (C=O) groups is 2. The van der Waals surface area contributed by atoms with Crippen LogP contribution in [-0.4, -0.2) is 18.4 Å². The second-order valence-corrected chi connectivity index (χ2v) is 6.64. The van der Waals surface area contributed by atoms with E-state index >= 15 is 0 Å². The van der Waals surface area contributed by atoms with E-state index in [9.17, 15) is 9.59 Å². The third kappa shape index (κ3) is 3.65. The van der Waals surface area contributed by atoms with Gasteiger partial charge in [0.25, 0.3) is 5.91 Å². The van der Waals surface area contributed by atoms with Crippen molar-refractivity contribution in [2.24, 2.45) is 5.73 Å². The summed E-state index contributed by atoms with van der Waals surface area (Å²) in [6.45, 7) is 3.76. The SMILES string of the molecule is Cc1cccc(C2(C(=O)Nc3ccc(OCC(N)=O)cc3C)CC2)c1. The third-order valence-corrected chi connectivity index (χ3v) is 4.58. The van der Waals surface area contributed by atoms with E-state index in [1.165, 1.54) is 0 Å². The van der Waals surface area contributed by atoms with Crippen LogP contribution in [0.3, 0.4) is 0 Å². The summed E-state index contributed by atoms with van der Waals surface area (Å²) in [5.41, 5.74) is 8.50. The maximum Gasteiger partial charge on any atom is 0.255 e. The molecular formula is C20H22N2O3. The zero-order valence-corrected chi connectivity index (χ0v) is 14.5. The highest BCUT2D eigenvalue weighted by atomic mass is 16.5. The maximum atomic E-state index is 12.9. The summed E-state index contributed by atoms with van der Waals surface area (Å²) in [4.78, 5) is 23.6. The molecule has 1 saturated carbocycles. The van der Waals surface area contributed by atoms with E-state index in [4.69, 9.17) is 10.5 Å². The lowest BCUT2D eigenvalue weighted by Gasteiger charge is -2.18. The largest absolute Gasteiger partial charge is 0.484 e. The van der Waals surface area contributed by atoms with Crippen molar-refractivity contribution in [2.45, 2.75) is 32.1 Å². The summed E-state index contributed by atoms with van der Waals surface area (Å²) < 4.78 is 5.28. The fourth-order valence-corrected chi connectivity index (χ4v) is 2.98. The van der Waals surface area contributed by atoms with E-state index < -0.39 is 11.3 Å². The Morgan fingerprint density at radius 3 is 2.52 bits per heavy atom. The number of hydrogen-bond acceptors (Lipinski definition) is 3. The van der Waals surface area contributed by atoms with Crippen molar-refractivity contribution >= 4 is 17.5 Å². The molecule has 2 amide bonds. The Hall–Kier alpha value is -2.82. The van der Waals surface area contributed by atoms with Crippen LogP contribution in [0.2, 0.25) is 0 Å². The molecule has 0 spiro atoms. The molecule has 0 bridgehead atoms. The molecule has 25 heavy (non-hydrogen) atoms. The molecule has 5 nitrogen and oxygen atoms in total. The number of benzene rings is 2. The number of nitrogens with one attached hydrogen (secondary N) is 1. The number of primary amides is 1. The molecule has 5 heteroatoms. The van der Waals surface area contributed by atoms with Gasteiger partial charge in [-0.25, -0.2) is 0 Å². The van der Waals surface area contributed by atoms with Gasteiger partial charge in [0.1, 0.15) is 5.75 Å². The monoisotopic (exact) mass is 338 g/mol. The fraction of sp³-hybridized carbons (Fsp3) is 0.300. The van der Waals surface area contributed by atoms with Crippen molar-refractivity contribution < 1.29 is 14.3 Å². The van der Waals surface area contributed by atoms with Gasteiger partial charge in [-0.3, -0.25) is 9.59 Å². The Balaban J connectivity index is 1.74. The molecule has 0 atom stereocenters. The molecule has 2 aromatic carbocycles. The molecule has 0 unspecified atom stereocenters. The minimum Gasteiger partial charge on any atom is -0.484 e. The van der Waals surface area contributed by atoms with Crippen molar-refractivity contribution in [3.05, 3.63) is 59.2 Å². The number of aryl methyl sites for hydroxylation is 2. The lowest BCUT2D eigenvalue weighted by molar-refractivity contribution is -0.120. The van der Waals surface area contributed by atoms with Crippen LogP contribution in [-0.2, 0) is 15.0 Å². The van der Waals surface area contributed by atoms with Gasteiger partial charge in [0.15, 0.2) is 6.61 Å². The fourth-order valence-electron chi connectivity index (χ4n) is 2.98. The van der Waals surface area contributed by atoms with Crippen LogP contribution in [0.5, 0.6) is 5.75 Å². The minimum atomic E-state index is -0.524. The highest BCUT2D eigenvalue weighted by Gasteiger charge is 2.51. The molecule has 1 aliphatic rings. The zero-order chi connectivity index (χ0) is 18.0. The summed E-state index contributed by atoms with van der Waals surface area (Å²) in [7, 11) is 0. The second-order valence-electron chi connectivity index (χ2n) is 6.64. The first-order valence-corrected chi connectivity index (χ1v) is 8.31. The molecule has 1 aliphatic carbocycles. The van der Waals surface area contributed by atoms with Gasteiger partial charge in [-0.2, -0.15) is 0 Å². The molecule has 0 aliphatic heterocycles. The normalized spacial score (nSPS) is 14.6. The average molecular weight is 338 g/mol. The Bertz CT molecular complexity index is 825. The first-order chi connectivity index (χ1) is 11.9. The van der Waals surface area contributed by atoms with Crippen LogP contribution < -0.4 is 15.8 Å². The van der Waals surface area contributed by atoms with E-state index in [2.05, 4.69) is 11.4 Å².